The number of hydrogen-bond donors (Lipinski definition) is 1. The zero-order valence-electron chi connectivity index (χ0n) is 26.0. The van der Waals surface area contributed by atoms with Crippen molar-refractivity contribution in [1.29, 1.82) is 0 Å². The predicted octanol–water partition coefficient (Wildman–Crippen LogP) is 7.00. The fourth-order valence-corrected chi connectivity index (χ4v) is 8.67. The highest BCUT2D eigenvalue weighted by Crippen LogP contribution is 2.50. The first-order valence-electron chi connectivity index (χ1n) is 16.0. The Balaban J connectivity index is 1.24. The van der Waals surface area contributed by atoms with E-state index in [1.54, 1.807) is 23.5 Å². The molecule has 1 fully saturated rings. The predicted molar refractivity (Wildman–Crippen MR) is 182 cm³/mol. The molecule has 11 heteroatoms. The second-order valence-electron chi connectivity index (χ2n) is 12.5. The summed E-state index contributed by atoms with van der Waals surface area (Å²) in [6, 6.07) is 18.8. The van der Waals surface area contributed by atoms with E-state index in [0.29, 0.717) is 48.2 Å². The molecular weight excluding hydrogens is 628 g/mol. The highest BCUT2D eigenvalue weighted by atomic mass is 32.1. The lowest BCUT2D eigenvalue weighted by molar-refractivity contribution is 0.0776. The molecule has 1 saturated heterocycles. The third kappa shape index (κ3) is 4.60. The van der Waals surface area contributed by atoms with E-state index in [-0.39, 0.29) is 23.7 Å². The summed E-state index contributed by atoms with van der Waals surface area (Å²) in [5.41, 5.74) is 7.43. The zero-order valence-corrected chi connectivity index (χ0v) is 26.8. The molecular formula is C37H29FN6O3S. The summed E-state index contributed by atoms with van der Waals surface area (Å²) < 4.78 is 22.5. The third-order valence-corrected chi connectivity index (χ3v) is 10.9. The lowest BCUT2D eigenvalue weighted by Crippen LogP contribution is -2.22. The molecule has 0 saturated carbocycles. The highest BCUT2D eigenvalue weighted by molar-refractivity contribution is 7.22. The number of thiophene rings is 1. The number of rotatable bonds is 7. The molecule has 0 bridgehead atoms. The number of aromatic nitrogens is 5. The molecule has 2 aliphatic rings. The van der Waals surface area contributed by atoms with E-state index in [0.717, 1.165) is 50.3 Å². The zero-order chi connectivity index (χ0) is 32.5. The molecule has 0 radical (unpaired) electrons. The number of pyridine rings is 2. The number of halogens is 1. The van der Waals surface area contributed by atoms with Gasteiger partial charge in [-0.1, -0.05) is 30.3 Å². The Morgan fingerprint density at radius 3 is 2.71 bits per heavy atom. The average Bonchev–Trinajstić information content (AvgIpc) is 3.92. The second-order valence-corrected chi connectivity index (χ2v) is 13.6. The van der Waals surface area contributed by atoms with Crippen LogP contribution in [-0.4, -0.2) is 42.1 Å². The van der Waals surface area contributed by atoms with Crippen LogP contribution >= 0.6 is 11.3 Å². The third-order valence-electron chi connectivity index (χ3n) is 9.65. The Labute approximate surface area is 277 Å². The highest BCUT2D eigenvalue weighted by Gasteiger charge is 2.44. The smallest absolute Gasteiger partial charge is 0.388 e. The summed E-state index contributed by atoms with van der Waals surface area (Å²) in [6.07, 6.45) is 7.43. The number of carbonyl (C=O) groups is 1. The van der Waals surface area contributed by atoms with Crippen LogP contribution in [0.3, 0.4) is 0 Å². The molecule has 1 atom stereocenters. The summed E-state index contributed by atoms with van der Waals surface area (Å²) >= 11 is 1.58. The standard InChI is InChI=1S/C37H29FN6O3S/c1-43-19-22(24-5-2-3-6-27(24)43)17-26-34-21(14-15-39-26)18-29(48-34)31-30(35-41-42-37(46)47-35)25(13-10-20-8-11-23(38)12-9-20)40-33-28-7-4-16-44(28)36(45)32(31)33/h2-3,5-6,8-9,11-12,14-15,18-19,28H,4,7,10,13,16-17H2,1H3,(H,42,46)/t28-/m0/s1. The van der Waals surface area contributed by atoms with Crippen molar-refractivity contribution in [3.8, 4) is 21.9 Å². The molecule has 7 aromatic rings. The Morgan fingerprint density at radius 1 is 1.02 bits per heavy atom. The van der Waals surface area contributed by atoms with E-state index in [4.69, 9.17) is 14.4 Å². The molecule has 0 aliphatic carbocycles. The molecule has 0 spiro atoms. The van der Waals surface area contributed by atoms with Crippen LogP contribution in [0.1, 0.15) is 57.5 Å². The summed E-state index contributed by atoms with van der Waals surface area (Å²) in [6.45, 7) is 0.669. The summed E-state index contributed by atoms with van der Waals surface area (Å²) in [5.74, 6) is -0.961. The summed E-state index contributed by atoms with van der Waals surface area (Å²) in [4.78, 5) is 39.2. The van der Waals surface area contributed by atoms with Gasteiger partial charge in [0.25, 0.3) is 11.8 Å². The maximum atomic E-state index is 14.2. The second kappa shape index (κ2) is 11.1. The number of aromatic amines is 1. The van der Waals surface area contributed by atoms with E-state index in [1.165, 1.54) is 23.1 Å². The maximum Gasteiger partial charge on any atom is 0.434 e. The SMILES string of the molecule is Cn1cc(Cc2nccc3cc(-c4c5c(nc(CCc6ccc(F)cc6)c4-c4n[nH]c(=O)o4)[C@@H]4CCCN4C5=O)sc23)c2ccccc21. The van der Waals surface area contributed by atoms with Gasteiger partial charge in [-0.3, -0.25) is 14.8 Å². The van der Waals surface area contributed by atoms with Crippen LogP contribution in [-0.2, 0) is 26.3 Å². The molecule has 1 amide bonds. The lowest BCUT2D eigenvalue weighted by Gasteiger charge is -2.16. The van der Waals surface area contributed by atoms with Crippen LogP contribution in [0, 0.1) is 5.82 Å². The number of benzene rings is 2. The van der Waals surface area contributed by atoms with Crippen molar-refractivity contribution in [2.75, 3.05) is 6.54 Å². The average molecular weight is 657 g/mol. The number of nitrogens with one attached hydrogen (secondary N) is 1. The topological polar surface area (TPSA) is 110 Å². The number of para-hydroxylation sites is 1. The molecule has 0 unspecified atom stereocenters. The van der Waals surface area contributed by atoms with E-state index >= 15 is 0 Å². The van der Waals surface area contributed by atoms with Crippen molar-refractivity contribution in [1.82, 2.24) is 29.6 Å². The van der Waals surface area contributed by atoms with Crippen LogP contribution in [0.15, 0.2) is 82.3 Å². The molecule has 48 heavy (non-hydrogen) atoms. The summed E-state index contributed by atoms with van der Waals surface area (Å²) in [5, 5.41) is 8.86. The van der Waals surface area contributed by atoms with Gasteiger partial charge >= 0.3 is 5.76 Å². The van der Waals surface area contributed by atoms with Crippen molar-refractivity contribution in [2.45, 2.75) is 38.1 Å². The number of fused-ring (bicyclic) bond motifs is 5. The summed E-state index contributed by atoms with van der Waals surface area (Å²) in [7, 11) is 2.05. The van der Waals surface area contributed by atoms with E-state index in [9.17, 15) is 14.0 Å². The molecule has 238 valence electrons. The van der Waals surface area contributed by atoms with Gasteiger partial charge in [-0.15, -0.1) is 16.4 Å². The molecule has 5 aromatic heterocycles. The molecule has 2 aromatic carbocycles. The van der Waals surface area contributed by atoms with Gasteiger partial charge in [0.15, 0.2) is 0 Å². The van der Waals surface area contributed by atoms with Crippen LogP contribution in [0.5, 0.6) is 0 Å². The van der Waals surface area contributed by atoms with Crippen molar-refractivity contribution in [2.24, 2.45) is 7.05 Å². The van der Waals surface area contributed by atoms with Crippen molar-refractivity contribution in [3.05, 3.63) is 123 Å². The van der Waals surface area contributed by atoms with Crippen LogP contribution in [0.2, 0.25) is 0 Å². The normalized spacial score (nSPS) is 15.6. The van der Waals surface area contributed by atoms with Gasteiger partial charge in [0.1, 0.15) is 5.82 Å². The minimum absolute atomic E-state index is 0.0641. The van der Waals surface area contributed by atoms with Crippen molar-refractivity contribution < 1.29 is 13.6 Å². The first kappa shape index (κ1) is 28.8. The fraction of sp³-hybridized carbons (Fsp3) is 0.216. The van der Waals surface area contributed by atoms with Crippen LogP contribution < -0.4 is 5.76 Å². The number of amides is 1. The monoisotopic (exact) mass is 656 g/mol. The van der Waals surface area contributed by atoms with Gasteiger partial charge in [-0.05, 0) is 72.5 Å². The number of H-pyrrole nitrogens is 1. The molecule has 1 N–H and O–H groups in total. The quantitative estimate of drug-likeness (QED) is 0.198. The van der Waals surface area contributed by atoms with Crippen LogP contribution in [0.25, 0.3) is 42.9 Å². The van der Waals surface area contributed by atoms with Gasteiger partial charge < -0.3 is 13.9 Å². The molecule has 7 heterocycles. The Morgan fingerprint density at radius 2 is 1.88 bits per heavy atom. The molecule has 2 aliphatic heterocycles. The van der Waals surface area contributed by atoms with E-state index in [2.05, 4.69) is 52.3 Å². The first-order valence-corrected chi connectivity index (χ1v) is 16.8. The lowest BCUT2D eigenvalue weighted by atomic mass is 9.93. The first-order chi connectivity index (χ1) is 23.4. The Hall–Kier alpha value is -5.42. The van der Waals surface area contributed by atoms with E-state index < -0.39 is 5.76 Å². The number of carbonyl (C=O) groups excluding carboxylic acids is 1. The minimum atomic E-state index is -0.689. The van der Waals surface area contributed by atoms with Gasteiger partial charge in [0, 0.05) is 53.8 Å². The van der Waals surface area contributed by atoms with Crippen molar-refractivity contribution in [3.63, 3.8) is 0 Å². The molecule has 9 rings (SSSR count). The largest absolute Gasteiger partial charge is 0.434 e. The van der Waals surface area contributed by atoms with Crippen molar-refractivity contribution >= 4 is 38.2 Å². The Bertz CT molecular complexity index is 2460. The van der Waals surface area contributed by atoms with Crippen LogP contribution in [0.4, 0.5) is 4.39 Å². The molecule has 9 nitrogen and oxygen atoms in total. The number of aryl methyl sites for hydroxylation is 3. The Kier molecular flexibility index (Phi) is 6.65. The van der Waals surface area contributed by atoms with Gasteiger partial charge in [-0.2, -0.15) is 0 Å². The number of nitrogens with zero attached hydrogens (tertiary/aromatic N) is 5. The van der Waals surface area contributed by atoms with E-state index in [1.807, 2.05) is 23.2 Å². The van der Waals surface area contributed by atoms with Gasteiger partial charge in [-0.25, -0.2) is 14.3 Å². The minimum Gasteiger partial charge on any atom is -0.388 e. The van der Waals surface area contributed by atoms with Gasteiger partial charge in [0.2, 0.25) is 0 Å². The maximum absolute atomic E-state index is 14.2. The van der Waals surface area contributed by atoms with Gasteiger partial charge in [0.05, 0.1) is 39.0 Å². The number of hydrogen-bond acceptors (Lipinski definition) is 7. The fourth-order valence-electron chi connectivity index (χ4n) is 7.47.